The molecule has 2 unspecified atom stereocenters. The number of benzene rings is 1. The monoisotopic (exact) mass is 449 g/mol. The van der Waals surface area contributed by atoms with Crippen molar-refractivity contribution in [3.05, 3.63) is 53.6 Å². The van der Waals surface area contributed by atoms with Crippen molar-refractivity contribution in [2.45, 2.75) is 24.7 Å². The first-order valence-electron chi connectivity index (χ1n) is 9.67. The van der Waals surface area contributed by atoms with Crippen molar-refractivity contribution in [1.82, 2.24) is 19.9 Å². The van der Waals surface area contributed by atoms with Crippen LogP contribution in [0, 0.1) is 5.82 Å². The van der Waals surface area contributed by atoms with Crippen molar-refractivity contribution in [3.8, 4) is 5.75 Å². The highest BCUT2D eigenvalue weighted by molar-refractivity contribution is 6.18. The summed E-state index contributed by atoms with van der Waals surface area (Å²) in [5.74, 6) is -0.610. The number of phenolic OH excluding ortho intramolecular Hbond substituents is 1. The van der Waals surface area contributed by atoms with E-state index in [0.717, 1.165) is 6.07 Å². The Morgan fingerprint density at radius 3 is 2.97 bits per heavy atom. The number of hydrogen-bond acceptors (Lipinski definition) is 7. The maximum Gasteiger partial charge on any atom is 0.256 e. The van der Waals surface area contributed by atoms with E-state index in [-0.39, 0.29) is 42.4 Å². The van der Waals surface area contributed by atoms with E-state index in [1.807, 2.05) is 0 Å². The number of aromatic hydroxyl groups is 1. The number of carbonyl (C=O) groups excluding carboxylic acids is 1. The van der Waals surface area contributed by atoms with Gasteiger partial charge in [0.05, 0.1) is 30.3 Å². The number of fused-ring (bicyclic) bond motifs is 1. The van der Waals surface area contributed by atoms with Gasteiger partial charge in [0.1, 0.15) is 22.9 Å². The fraction of sp³-hybridized carbons (Fsp3) is 0.350. The van der Waals surface area contributed by atoms with Crippen LogP contribution >= 0.6 is 11.6 Å². The van der Waals surface area contributed by atoms with E-state index in [9.17, 15) is 24.5 Å². The van der Waals surface area contributed by atoms with E-state index in [0.29, 0.717) is 11.4 Å². The minimum atomic E-state index is -0.873. The Bertz CT molecular complexity index is 1110. The molecule has 1 amide bonds. The van der Waals surface area contributed by atoms with Crippen LogP contribution in [0.5, 0.6) is 5.75 Å². The Labute approximate surface area is 181 Å². The summed E-state index contributed by atoms with van der Waals surface area (Å²) in [6.07, 6.45) is 1.70. The molecule has 11 heteroatoms. The lowest BCUT2D eigenvalue weighted by molar-refractivity contribution is 0.0926. The van der Waals surface area contributed by atoms with Gasteiger partial charge in [-0.3, -0.25) is 4.79 Å². The van der Waals surface area contributed by atoms with E-state index < -0.39 is 30.0 Å². The van der Waals surface area contributed by atoms with Crippen molar-refractivity contribution in [3.63, 3.8) is 0 Å². The molecular weight excluding hydrogens is 429 g/mol. The van der Waals surface area contributed by atoms with Crippen LogP contribution < -0.4 is 10.2 Å². The first kappa shape index (κ1) is 21.3. The molecule has 164 valence electrons. The molecule has 0 saturated carbocycles. The van der Waals surface area contributed by atoms with E-state index in [1.165, 1.54) is 22.8 Å². The highest BCUT2D eigenvalue weighted by Gasteiger charge is 2.35. The summed E-state index contributed by atoms with van der Waals surface area (Å²) in [6, 6.07) is 4.85. The van der Waals surface area contributed by atoms with Crippen molar-refractivity contribution >= 4 is 29.0 Å². The molecule has 0 spiro atoms. The maximum absolute atomic E-state index is 13.8. The zero-order chi connectivity index (χ0) is 22.1. The third-order valence-corrected chi connectivity index (χ3v) is 5.55. The summed E-state index contributed by atoms with van der Waals surface area (Å²) >= 11 is 5.55. The first-order valence-corrected chi connectivity index (χ1v) is 10.2. The minimum absolute atomic E-state index is 0.0109. The molecule has 1 fully saturated rings. The van der Waals surface area contributed by atoms with Gasteiger partial charge in [0.25, 0.3) is 5.91 Å². The van der Waals surface area contributed by atoms with Gasteiger partial charge in [-0.2, -0.15) is 5.10 Å². The Morgan fingerprint density at radius 2 is 2.19 bits per heavy atom. The maximum atomic E-state index is 13.8. The molecule has 0 radical (unpaired) electrons. The van der Waals surface area contributed by atoms with E-state index in [2.05, 4.69) is 15.4 Å². The standard InChI is InChI=1S/C20H21ClFN5O4/c21-7-13(29)8-23-20(31)15-9-24-27-4-3-18(25-19(15)27)26-10-12(28)6-16(26)14-5-11(22)1-2-17(14)30/h1-5,9,12-13,16,28-30H,6-8,10H2,(H,23,31)/t12?,13-,16?/m1/s1. The lowest BCUT2D eigenvalue weighted by atomic mass is 10.0. The average molecular weight is 450 g/mol. The van der Waals surface area contributed by atoms with Gasteiger partial charge in [-0.15, -0.1) is 11.6 Å². The number of rotatable bonds is 6. The smallest absolute Gasteiger partial charge is 0.256 e. The number of nitrogens with zero attached hydrogens (tertiary/aromatic N) is 4. The van der Waals surface area contributed by atoms with Crippen LogP contribution in [-0.4, -0.2) is 67.0 Å². The van der Waals surface area contributed by atoms with Gasteiger partial charge in [-0.25, -0.2) is 13.9 Å². The second kappa shape index (κ2) is 8.66. The molecule has 1 aliphatic heterocycles. The Morgan fingerprint density at radius 1 is 1.39 bits per heavy atom. The van der Waals surface area contributed by atoms with Crippen molar-refractivity contribution in [1.29, 1.82) is 0 Å². The quantitative estimate of drug-likeness (QED) is 0.417. The highest BCUT2D eigenvalue weighted by atomic mass is 35.5. The van der Waals surface area contributed by atoms with Crippen LogP contribution in [0.2, 0.25) is 0 Å². The molecule has 0 aliphatic carbocycles. The number of β-amino-alcohol motifs (C(OH)–C–C–N with tert-alkyl or cyclic N) is 1. The second-order valence-corrected chi connectivity index (χ2v) is 7.70. The number of carbonyl (C=O) groups is 1. The molecule has 1 saturated heterocycles. The van der Waals surface area contributed by atoms with Crippen LogP contribution in [0.4, 0.5) is 10.2 Å². The predicted molar refractivity (Wildman–Crippen MR) is 111 cm³/mol. The topological polar surface area (TPSA) is 123 Å². The summed E-state index contributed by atoms with van der Waals surface area (Å²) < 4.78 is 15.2. The Hall–Kier alpha value is -2.95. The van der Waals surface area contributed by atoms with Gasteiger partial charge in [0.2, 0.25) is 0 Å². The van der Waals surface area contributed by atoms with Crippen LogP contribution in [-0.2, 0) is 0 Å². The number of amides is 1. The largest absolute Gasteiger partial charge is 0.508 e. The Balaban J connectivity index is 1.67. The zero-order valence-corrected chi connectivity index (χ0v) is 17.1. The number of aliphatic hydroxyl groups excluding tert-OH is 2. The van der Waals surface area contributed by atoms with Crippen molar-refractivity contribution in [2.24, 2.45) is 0 Å². The predicted octanol–water partition coefficient (Wildman–Crippen LogP) is 1.22. The minimum Gasteiger partial charge on any atom is -0.508 e. The molecule has 31 heavy (non-hydrogen) atoms. The third kappa shape index (κ3) is 4.27. The number of nitrogens with one attached hydrogen (secondary N) is 1. The summed E-state index contributed by atoms with van der Waals surface area (Å²) in [6.45, 7) is 0.208. The molecular formula is C20H21ClFN5O4. The van der Waals surface area contributed by atoms with Crippen LogP contribution in [0.1, 0.15) is 28.4 Å². The van der Waals surface area contributed by atoms with Crippen molar-refractivity contribution < 1.29 is 24.5 Å². The molecule has 9 nitrogen and oxygen atoms in total. The van der Waals surface area contributed by atoms with E-state index in [1.54, 1.807) is 17.2 Å². The van der Waals surface area contributed by atoms with Gasteiger partial charge in [0, 0.05) is 24.8 Å². The molecule has 3 aromatic rings. The summed E-state index contributed by atoms with van der Waals surface area (Å²) in [7, 11) is 0. The van der Waals surface area contributed by atoms with Gasteiger partial charge in [-0.05, 0) is 30.7 Å². The molecule has 3 atom stereocenters. The van der Waals surface area contributed by atoms with Gasteiger partial charge in [0.15, 0.2) is 5.65 Å². The fourth-order valence-electron chi connectivity index (χ4n) is 3.69. The van der Waals surface area contributed by atoms with Crippen LogP contribution in [0.15, 0.2) is 36.7 Å². The number of hydrogen-bond donors (Lipinski definition) is 4. The highest BCUT2D eigenvalue weighted by Crippen LogP contribution is 2.39. The third-order valence-electron chi connectivity index (χ3n) is 5.20. The van der Waals surface area contributed by atoms with Crippen LogP contribution in [0.3, 0.4) is 0 Å². The summed E-state index contributed by atoms with van der Waals surface area (Å²) in [5, 5.41) is 36.7. The fourth-order valence-corrected chi connectivity index (χ4v) is 3.80. The molecule has 3 heterocycles. The Kier molecular flexibility index (Phi) is 5.94. The first-order chi connectivity index (χ1) is 14.9. The summed E-state index contributed by atoms with van der Waals surface area (Å²) in [4.78, 5) is 18.8. The molecule has 2 aromatic heterocycles. The normalized spacial score (nSPS) is 19.7. The van der Waals surface area contributed by atoms with E-state index in [4.69, 9.17) is 11.6 Å². The van der Waals surface area contributed by atoms with Crippen molar-refractivity contribution in [2.75, 3.05) is 23.9 Å². The number of aromatic nitrogens is 3. The number of alkyl halides is 1. The number of phenols is 1. The molecule has 4 rings (SSSR count). The lowest BCUT2D eigenvalue weighted by Gasteiger charge is -2.26. The van der Waals surface area contributed by atoms with Gasteiger partial charge < -0.3 is 25.5 Å². The lowest BCUT2D eigenvalue weighted by Crippen LogP contribution is -2.33. The van der Waals surface area contributed by atoms with Gasteiger partial charge in [-0.1, -0.05) is 0 Å². The SMILES string of the molecule is O=C(NC[C@H](O)CCl)c1cnn2ccc(N3CC(O)CC3c3cc(F)ccc3O)nc12. The molecule has 1 aliphatic rings. The molecule has 1 aromatic carbocycles. The van der Waals surface area contributed by atoms with Gasteiger partial charge >= 0.3 is 0 Å². The molecule has 4 N–H and O–H groups in total. The van der Waals surface area contributed by atoms with Crippen LogP contribution in [0.25, 0.3) is 5.65 Å². The average Bonchev–Trinajstić information content (AvgIpc) is 3.36. The summed E-state index contributed by atoms with van der Waals surface area (Å²) in [5.41, 5.74) is 0.826. The number of aliphatic hydroxyl groups is 2. The second-order valence-electron chi connectivity index (χ2n) is 7.39. The number of anilines is 1. The van der Waals surface area contributed by atoms with E-state index >= 15 is 0 Å². The molecule has 0 bridgehead atoms. The zero-order valence-electron chi connectivity index (χ0n) is 16.3. The number of halogens is 2.